The number of hydrogen-bond acceptors (Lipinski definition) is 4. The zero-order valence-corrected chi connectivity index (χ0v) is 13.6. The number of para-hydroxylation sites is 1. The molecule has 0 unspecified atom stereocenters. The largest absolute Gasteiger partial charge is 0.507 e. The van der Waals surface area contributed by atoms with Gasteiger partial charge in [-0.1, -0.05) is 23.7 Å². The first kappa shape index (κ1) is 16.8. The van der Waals surface area contributed by atoms with Crippen LogP contribution in [-0.4, -0.2) is 23.3 Å². The van der Waals surface area contributed by atoms with Gasteiger partial charge >= 0.3 is 0 Å². The molecule has 0 aliphatic carbocycles. The van der Waals surface area contributed by atoms with E-state index in [0.29, 0.717) is 22.0 Å². The van der Waals surface area contributed by atoms with Crippen molar-refractivity contribution in [2.45, 2.75) is 13.8 Å². The number of benzene rings is 2. The molecule has 0 saturated carbocycles. The van der Waals surface area contributed by atoms with Crippen molar-refractivity contribution in [3.05, 3.63) is 58.6 Å². The molecule has 0 saturated heterocycles. The van der Waals surface area contributed by atoms with E-state index in [9.17, 15) is 9.90 Å². The number of rotatable bonds is 5. The third-order valence-corrected chi connectivity index (χ3v) is 3.37. The Balaban J connectivity index is 1.92. The number of carbonyl (C=O) groups excluding carboxylic acids is 1. The van der Waals surface area contributed by atoms with E-state index in [2.05, 4.69) is 10.5 Å². The van der Waals surface area contributed by atoms with Crippen LogP contribution in [0.15, 0.2) is 47.6 Å². The first-order valence-electron chi connectivity index (χ1n) is 6.98. The van der Waals surface area contributed by atoms with Gasteiger partial charge in [0.1, 0.15) is 11.5 Å². The molecule has 0 fully saturated rings. The number of phenolic OH excluding ortho intramolecular Hbond substituents is 1. The van der Waals surface area contributed by atoms with Crippen LogP contribution in [0.25, 0.3) is 0 Å². The van der Waals surface area contributed by atoms with E-state index in [0.717, 1.165) is 5.56 Å². The van der Waals surface area contributed by atoms with Gasteiger partial charge in [0.15, 0.2) is 6.61 Å². The van der Waals surface area contributed by atoms with Gasteiger partial charge < -0.3 is 9.84 Å². The molecule has 0 aliphatic rings. The molecule has 0 atom stereocenters. The standard InChI is InChI=1S/C17H17ClN2O3/c1-11-9-13(18)7-8-16(11)23-10-17(22)20-19-12(2)14-5-3-4-6-15(14)21/h3-9,21H,10H2,1-2H3,(H,20,22)/b19-12+. The lowest BCUT2D eigenvalue weighted by atomic mass is 10.1. The van der Waals surface area contributed by atoms with Crippen molar-refractivity contribution in [1.29, 1.82) is 0 Å². The lowest BCUT2D eigenvalue weighted by molar-refractivity contribution is -0.123. The summed E-state index contributed by atoms with van der Waals surface area (Å²) < 4.78 is 5.43. The Morgan fingerprint density at radius 1 is 1.30 bits per heavy atom. The monoisotopic (exact) mass is 332 g/mol. The van der Waals surface area contributed by atoms with Gasteiger partial charge in [-0.25, -0.2) is 5.43 Å². The van der Waals surface area contributed by atoms with Gasteiger partial charge in [-0.3, -0.25) is 4.79 Å². The topological polar surface area (TPSA) is 70.9 Å². The Morgan fingerprint density at radius 3 is 2.74 bits per heavy atom. The molecule has 0 bridgehead atoms. The summed E-state index contributed by atoms with van der Waals surface area (Å²) in [5, 5.41) is 14.3. The van der Waals surface area contributed by atoms with E-state index in [1.54, 1.807) is 49.4 Å². The molecule has 6 heteroatoms. The SMILES string of the molecule is C/C(=N\NC(=O)COc1ccc(Cl)cc1C)c1ccccc1O. The Kier molecular flexibility index (Phi) is 5.60. The van der Waals surface area contributed by atoms with E-state index < -0.39 is 5.91 Å². The van der Waals surface area contributed by atoms with Crippen LogP contribution in [0, 0.1) is 6.92 Å². The van der Waals surface area contributed by atoms with Gasteiger partial charge in [0.25, 0.3) is 5.91 Å². The summed E-state index contributed by atoms with van der Waals surface area (Å²) in [6.45, 7) is 3.37. The predicted molar refractivity (Wildman–Crippen MR) is 90.1 cm³/mol. The van der Waals surface area contributed by atoms with Crippen molar-refractivity contribution < 1.29 is 14.6 Å². The molecule has 2 aromatic carbocycles. The van der Waals surface area contributed by atoms with Gasteiger partial charge in [0.2, 0.25) is 0 Å². The van der Waals surface area contributed by atoms with Crippen molar-refractivity contribution in [3.8, 4) is 11.5 Å². The fourth-order valence-corrected chi connectivity index (χ4v) is 2.16. The molecule has 1 amide bonds. The summed E-state index contributed by atoms with van der Waals surface area (Å²) in [4.78, 5) is 11.8. The Bertz CT molecular complexity index is 744. The molecule has 2 rings (SSSR count). The minimum absolute atomic E-state index is 0.107. The second kappa shape index (κ2) is 7.65. The van der Waals surface area contributed by atoms with Crippen LogP contribution in [0.3, 0.4) is 0 Å². The number of amides is 1. The fourth-order valence-electron chi connectivity index (χ4n) is 1.94. The molecule has 5 nitrogen and oxygen atoms in total. The maximum absolute atomic E-state index is 11.8. The number of ether oxygens (including phenoxy) is 1. The number of hydrogen-bond donors (Lipinski definition) is 2. The van der Waals surface area contributed by atoms with Gasteiger partial charge in [0, 0.05) is 10.6 Å². The first-order valence-corrected chi connectivity index (χ1v) is 7.35. The summed E-state index contributed by atoms with van der Waals surface area (Å²) in [7, 11) is 0. The maximum Gasteiger partial charge on any atom is 0.277 e. The van der Waals surface area contributed by atoms with Crippen molar-refractivity contribution in [1.82, 2.24) is 5.43 Å². The molecular formula is C17H17ClN2O3. The minimum atomic E-state index is -0.394. The molecule has 2 aromatic rings. The molecule has 0 aliphatic heterocycles. The van der Waals surface area contributed by atoms with Crippen molar-refractivity contribution in [3.63, 3.8) is 0 Å². The van der Waals surface area contributed by atoms with Crippen LogP contribution in [0.5, 0.6) is 11.5 Å². The average Bonchev–Trinajstić information content (AvgIpc) is 2.52. The van der Waals surface area contributed by atoms with E-state index >= 15 is 0 Å². The number of halogens is 1. The number of aryl methyl sites for hydroxylation is 1. The summed E-state index contributed by atoms with van der Waals surface area (Å²) >= 11 is 5.86. The number of carbonyl (C=O) groups is 1. The Hall–Kier alpha value is -2.53. The highest BCUT2D eigenvalue weighted by molar-refractivity contribution is 6.30. The fraction of sp³-hybridized carbons (Fsp3) is 0.176. The summed E-state index contributed by atoms with van der Waals surface area (Å²) in [6.07, 6.45) is 0. The molecule has 0 spiro atoms. The third-order valence-electron chi connectivity index (χ3n) is 3.14. The molecule has 23 heavy (non-hydrogen) atoms. The zero-order chi connectivity index (χ0) is 16.8. The normalized spacial score (nSPS) is 11.2. The van der Waals surface area contributed by atoms with Crippen LogP contribution in [0.2, 0.25) is 5.02 Å². The van der Waals surface area contributed by atoms with E-state index in [1.807, 2.05) is 6.92 Å². The van der Waals surface area contributed by atoms with Crippen LogP contribution >= 0.6 is 11.6 Å². The number of nitrogens with zero attached hydrogens (tertiary/aromatic N) is 1. The molecule has 0 radical (unpaired) electrons. The summed E-state index contributed by atoms with van der Waals surface area (Å²) in [6, 6.07) is 11.9. The zero-order valence-electron chi connectivity index (χ0n) is 12.8. The highest BCUT2D eigenvalue weighted by Gasteiger charge is 2.07. The number of nitrogens with one attached hydrogen (secondary N) is 1. The highest BCUT2D eigenvalue weighted by Crippen LogP contribution is 2.21. The first-order chi connectivity index (χ1) is 11.0. The Morgan fingerprint density at radius 2 is 2.04 bits per heavy atom. The smallest absolute Gasteiger partial charge is 0.277 e. The number of phenols is 1. The highest BCUT2D eigenvalue weighted by atomic mass is 35.5. The number of aromatic hydroxyl groups is 1. The summed E-state index contributed by atoms with van der Waals surface area (Å²) in [5.41, 5.74) is 4.30. The molecule has 120 valence electrons. The quantitative estimate of drug-likeness (QED) is 0.652. The van der Waals surface area contributed by atoms with Crippen LogP contribution in [-0.2, 0) is 4.79 Å². The van der Waals surface area contributed by atoms with Gasteiger partial charge in [-0.15, -0.1) is 0 Å². The van der Waals surface area contributed by atoms with Crippen molar-refractivity contribution >= 4 is 23.2 Å². The van der Waals surface area contributed by atoms with E-state index in [-0.39, 0.29) is 12.4 Å². The minimum Gasteiger partial charge on any atom is -0.507 e. The number of hydrazone groups is 1. The lowest BCUT2D eigenvalue weighted by Crippen LogP contribution is -2.25. The third kappa shape index (κ3) is 4.72. The second-order valence-corrected chi connectivity index (χ2v) is 5.38. The van der Waals surface area contributed by atoms with Crippen LogP contribution in [0.1, 0.15) is 18.1 Å². The lowest BCUT2D eigenvalue weighted by Gasteiger charge is -2.09. The van der Waals surface area contributed by atoms with Gasteiger partial charge in [-0.05, 0) is 49.7 Å². The molecular weight excluding hydrogens is 316 g/mol. The van der Waals surface area contributed by atoms with Crippen LogP contribution < -0.4 is 10.2 Å². The predicted octanol–water partition coefficient (Wildman–Crippen LogP) is 3.27. The molecule has 0 aromatic heterocycles. The second-order valence-electron chi connectivity index (χ2n) is 4.95. The van der Waals surface area contributed by atoms with Gasteiger partial charge in [-0.2, -0.15) is 5.10 Å². The van der Waals surface area contributed by atoms with Crippen molar-refractivity contribution in [2.75, 3.05) is 6.61 Å². The molecule has 2 N–H and O–H groups in total. The average molecular weight is 333 g/mol. The maximum atomic E-state index is 11.8. The van der Waals surface area contributed by atoms with Crippen LogP contribution in [0.4, 0.5) is 0 Å². The van der Waals surface area contributed by atoms with E-state index in [4.69, 9.17) is 16.3 Å². The molecule has 0 heterocycles. The summed E-state index contributed by atoms with van der Waals surface area (Å²) in [5.74, 6) is 0.302. The Labute approximate surface area is 139 Å². The van der Waals surface area contributed by atoms with E-state index in [1.165, 1.54) is 0 Å². The van der Waals surface area contributed by atoms with Gasteiger partial charge in [0.05, 0.1) is 5.71 Å². The van der Waals surface area contributed by atoms with Crippen molar-refractivity contribution in [2.24, 2.45) is 5.10 Å².